The zero-order valence-electron chi connectivity index (χ0n) is 8.19. The summed E-state index contributed by atoms with van der Waals surface area (Å²) in [6.45, 7) is 5.58. The Bertz CT molecular complexity index is 334. The first-order valence-corrected chi connectivity index (χ1v) is 4.45. The van der Waals surface area contributed by atoms with E-state index in [0.29, 0.717) is 18.1 Å². The van der Waals surface area contributed by atoms with Crippen molar-refractivity contribution in [3.8, 4) is 5.88 Å². The maximum atomic E-state index is 11.2. The molecule has 3 heteroatoms. The fraction of sp³-hybridized carbons (Fsp3) is 0.273. The van der Waals surface area contributed by atoms with Gasteiger partial charge in [0.15, 0.2) is 5.78 Å². The van der Waals surface area contributed by atoms with Crippen molar-refractivity contribution in [1.29, 1.82) is 0 Å². The van der Waals surface area contributed by atoms with Crippen LogP contribution >= 0.6 is 0 Å². The average Bonchev–Trinajstić information content (AvgIpc) is 2.19. The Morgan fingerprint density at radius 3 is 3.14 bits per heavy atom. The highest BCUT2D eigenvalue weighted by molar-refractivity contribution is 5.96. The number of ketones is 1. The highest BCUT2D eigenvalue weighted by atomic mass is 16.5. The molecule has 0 spiro atoms. The summed E-state index contributed by atoms with van der Waals surface area (Å²) in [4.78, 5) is 15.2. The molecule has 0 amide bonds. The molecule has 0 aliphatic heterocycles. The molecule has 74 valence electrons. The molecule has 0 fully saturated rings. The van der Waals surface area contributed by atoms with E-state index in [4.69, 9.17) is 4.74 Å². The summed E-state index contributed by atoms with van der Waals surface area (Å²) >= 11 is 0. The highest BCUT2D eigenvalue weighted by Gasteiger charge is 2.07. The first kappa shape index (κ1) is 10.4. The van der Waals surface area contributed by atoms with Crippen molar-refractivity contribution in [2.24, 2.45) is 0 Å². The van der Waals surface area contributed by atoms with Gasteiger partial charge in [-0.1, -0.05) is 6.08 Å². The van der Waals surface area contributed by atoms with Gasteiger partial charge in [0.05, 0.1) is 12.2 Å². The van der Waals surface area contributed by atoms with Crippen LogP contribution in [0.4, 0.5) is 0 Å². The Morgan fingerprint density at radius 2 is 2.50 bits per heavy atom. The fourth-order valence-corrected chi connectivity index (χ4v) is 1.01. The van der Waals surface area contributed by atoms with Gasteiger partial charge in [0.2, 0.25) is 5.88 Å². The summed E-state index contributed by atoms with van der Waals surface area (Å²) in [6.07, 6.45) is 4.11. The number of Topliss-reactive ketones (excluding diaryl/α,β-unsaturated/α-hetero) is 1. The van der Waals surface area contributed by atoms with Gasteiger partial charge < -0.3 is 4.74 Å². The number of ether oxygens (including phenoxy) is 1. The van der Waals surface area contributed by atoms with E-state index >= 15 is 0 Å². The summed E-state index contributed by atoms with van der Waals surface area (Å²) in [5.74, 6) is 0.369. The van der Waals surface area contributed by atoms with E-state index in [2.05, 4.69) is 11.6 Å². The van der Waals surface area contributed by atoms with Gasteiger partial charge >= 0.3 is 0 Å². The molecule has 0 saturated heterocycles. The third-order valence-electron chi connectivity index (χ3n) is 1.71. The number of hydrogen-bond donors (Lipinski definition) is 0. The van der Waals surface area contributed by atoms with Gasteiger partial charge in [-0.15, -0.1) is 6.58 Å². The van der Waals surface area contributed by atoms with Crippen LogP contribution in [0.2, 0.25) is 0 Å². The van der Waals surface area contributed by atoms with Gasteiger partial charge in [0.25, 0.3) is 0 Å². The molecule has 1 rings (SSSR count). The SMILES string of the molecule is C=CCCOc1ncccc1C(C)=O. The maximum absolute atomic E-state index is 11.2. The van der Waals surface area contributed by atoms with Gasteiger partial charge in [0, 0.05) is 6.20 Å². The van der Waals surface area contributed by atoms with Gasteiger partial charge in [-0.2, -0.15) is 0 Å². The molecule has 3 nitrogen and oxygen atoms in total. The lowest BCUT2D eigenvalue weighted by atomic mass is 10.2. The van der Waals surface area contributed by atoms with Crippen molar-refractivity contribution in [1.82, 2.24) is 4.98 Å². The van der Waals surface area contributed by atoms with E-state index in [-0.39, 0.29) is 5.78 Å². The molecule has 1 heterocycles. The molecule has 14 heavy (non-hydrogen) atoms. The molecule has 0 saturated carbocycles. The predicted octanol–water partition coefficient (Wildman–Crippen LogP) is 2.24. The Labute approximate surface area is 83.4 Å². The van der Waals surface area contributed by atoms with Crippen molar-refractivity contribution in [2.75, 3.05) is 6.61 Å². The summed E-state index contributed by atoms with van der Waals surface area (Å²) in [7, 11) is 0. The number of hydrogen-bond acceptors (Lipinski definition) is 3. The van der Waals surface area contributed by atoms with Crippen LogP contribution in [-0.4, -0.2) is 17.4 Å². The number of aromatic nitrogens is 1. The van der Waals surface area contributed by atoms with Crippen molar-refractivity contribution >= 4 is 5.78 Å². The van der Waals surface area contributed by atoms with Crippen LogP contribution in [0.25, 0.3) is 0 Å². The Balaban J connectivity index is 2.74. The van der Waals surface area contributed by atoms with Crippen LogP contribution in [0.3, 0.4) is 0 Å². The van der Waals surface area contributed by atoms with Gasteiger partial charge in [-0.3, -0.25) is 4.79 Å². The highest BCUT2D eigenvalue weighted by Crippen LogP contribution is 2.14. The topological polar surface area (TPSA) is 39.2 Å². The Kier molecular flexibility index (Phi) is 3.85. The minimum atomic E-state index is -0.0355. The minimum absolute atomic E-state index is 0.0355. The maximum Gasteiger partial charge on any atom is 0.224 e. The third kappa shape index (κ3) is 2.69. The normalized spacial score (nSPS) is 9.50. The fourth-order valence-electron chi connectivity index (χ4n) is 1.01. The summed E-state index contributed by atoms with van der Waals surface area (Å²) in [6, 6.07) is 3.43. The molecule has 1 aromatic heterocycles. The summed E-state index contributed by atoms with van der Waals surface area (Å²) in [5.41, 5.74) is 0.525. The van der Waals surface area contributed by atoms with E-state index in [9.17, 15) is 4.79 Å². The molecule has 0 bridgehead atoms. The van der Waals surface area contributed by atoms with Crippen LogP contribution < -0.4 is 4.74 Å². The molecule has 1 aromatic rings. The zero-order valence-corrected chi connectivity index (χ0v) is 8.19. The van der Waals surface area contributed by atoms with Crippen molar-refractivity contribution in [2.45, 2.75) is 13.3 Å². The summed E-state index contributed by atoms with van der Waals surface area (Å²) in [5, 5.41) is 0. The van der Waals surface area contributed by atoms with Crippen LogP contribution in [-0.2, 0) is 0 Å². The Morgan fingerprint density at radius 1 is 1.71 bits per heavy atom. The van der Waals surface area contributed by atoms with Crippen LogP contribution in [0.15, 0.2) is 31.0 Å². The van der Waals surface area contributed by atoms with Gasteiger partial charge in [-0.25, -0.2) is 4.98 Å². The molecule has 0 radical (unpaired) electrons. The van der Waals surface area contributed by atoms with E-state index in [1.54, 1.807) is 24.4 Å². The smallest absolute Gasteiger partial charge is 0.224 e. The number of pyridine rings is 1. The molecule has 0 aliphatic rings. The lowest BCUT2D eigenvalue weighted by molar-refractivity contribution is 0.101. The lowest BCUT2D eigenvalue weighted by Gasteiger charge is -2.06. The van der Waals surface area contributed by atoms with Crippen molar-refractivity contribution < 1.29 is 9.53 Å². The third-order valence-corrected chi connectivity index (χ3v) is 1.71. The standard InChI is InChI=1S/C11H13NO2/c1-3-4-8-14-11-10(9(2)13)6-5-7-12-11/h3,5-7H,1,4,8H2,2H3. The lowest BCUT2D eigenvalue weighted by Crippen LogP contribution is -2.03. The van der Waals surface area contributed by atoms with Gasteiger partial charge in [-0.05, 0) is 25.5 Å². The molecule has 0 N–H and O–H groups in total. The number of carbonyl (C=O) groups is 1. The molecular weight excluding hydrogens is 178 g/mol. The first-order chi connectivity index (χ1) is 6.75. The number of nitrogens with zero attached hydrogens (tertiary/aromatic N) is 1. The quantitative estimate of drug-likeness (QED) is 0.407. The summed E-state index contributed by atoms with van der Waals surface area (Å²) < 4.78 is 5.34. The largest absolute Gasteiger partial charge is 0.477 e. The number of carbonyl (C=O) groups excluding carboxylic acids is 1. The van der Waals surface area contributed by atoms with Gasteiger partial charge in [0.1, 0.15) is 0 Å². The molecule has 0 unspecified atom stereocenters. The van der Waals surface area contributed by atoms with E-state index in [1.807, 2.05) is 0 Å². The Hall–Kier alpha value is -1.64. The van der Waals surface area contributed by atoms with E-state index in [1.165, 1.54) is 6.92 Å². The van der Waals surface area contributed by atoms with Crippen molar-refractivity contribution in [3.63, 3.8) is 0 Å². The second-order valence-electron chi connectivity index (χ2n) is 2.84. The zero-order chi connectivity index (χ0) is 10.4. The second kappa shape index (κ2) is 5.17. The number of rotatable bonds is 5. The van der Waals surface area contributed by atoms with Crippen LogP contribution in [0, 0.1) is 0 Å². The molecule has 0 atom stereocenters. The molecule has 0 aliphatic carbocycles. The van der Waals surface area contributed by atoms with Crippen LogP contribution in [0.1, 0.15) is 23.7 Å². The van der Waals surface area contributed by atoms with Crippen molar-refractivity contribution in [3.05, 3.63) is 36.5 Å². The first-order valence-electron chi connectivity index (χ1n) is 4.45. The van der Waals surface area contributed by atoms with E-state index < -0.39 is 0 Å². The molecular formula is C11H13NO2. The van der Waals surface area contributed by atoms with E-state index in [0.717, 1.165) is 6.42 Å². The van der Waals surface area contributed by atoms with Crippen LogP contribution in [0.5, 0.6) is 5.88 Å². The minimum Gasteiger partial charge on any atom is -0.477 e. The molecule has 0 aromatic carbocycles. The monoisotopic (exact) mass is 191 g/mol. The average molecular weight is 191 g/mol. The predicted molar refractivity (Wildman–Crippen MR) is 54.6 cm³/mol. The second-order valence-corrected chi connectivity index (χ2v) is 2.84.